The summed E-state index contributed by atoms with van der Waals surface area (Å²) in [6.07, 6.45) is 0. The third-order valence-corrected chi connectivity index (χ3v) is 0.219. The van der Waals surface area contributed by atoms with Crippen LogP contribution in [0, 0.1) is 0 Å². The minimum absolute atomic E-state index is 0. The van der Waals surface area contributed by atoms with Gasteiger partial charge in [-0.2, -0.15) is 5.21 Å². The van der Waals surface area contributed by atoms with Crippen LogP contribution in [-0.4, -0.2) is 53.4 Å². The molecule has 0 unspecified atom stereocenters. The normalized spacial score (nSPS) is 6.67. The van der Waals surface area contributed by atoms with E-state index in [-0.39, 0.29) is 27.3 Å². The third-order valence-electron chi connectivity index (χ3n) is 0.219. The Morgan fingerprint density at radius 3 is 1.67 bits per heavy atom. The van der Waals surface area contributed by atoms with Crippen molar-refractivity contribution in [3.05, 3.63) is 0 Å². The molecule has 1 radical (unpaired) electrons. The molecule has 1 N–H and O–H groups in total. The van der Waals surface area contributed by atoms with Gasteiger partial charge in [-0.3, -0.25) is 0 Å². The van der Waals surface area contributed by atoms with Crippen LogP contribution in [-0.2, 0) is 0 Å². The molecule has 0 saturated carbocycles. The summed E-state index contributed by atoms with van der Waals surface area (Å²) in [5.41, 5.74) is 0. The van der Waals surface area contributed by atoms with E-state index in [4.69, 9.17) is 0 Å². The standard InChI is InChI=1S/HN5.Tl/c1-2-4-5-3-1;/h(H,1,2,3,4,5);. The maximum atomic E-state index is 3.12. The van der Waals surface area contributed by atoms with E-state index in [1.165, 1.54) is 0 Å². The van der Waals surface area contributed by atoms with Gasteiger partial charge < -0.3 is 0 Å². The van der Waals surface area contributed by atoms with Gasteiger partial charge in [-0.05, 0) is 20.9 Å². The monoisotopic (exact) mass is 276 g/mol. The Labute approximate surface area is 53.6 Å². The van der Waals surface area contributed by atoms with Crippen LogP contribution < -0.4 is 0 Å². The maximum absolute atomic E-state index is 3.12. The second kappa shape index (κ2) is 3.13. The predicted molar refractivity (Wildman–Crippen MR) is 17.7 cm³/mol. The molecule has 1 heterocycles. The summed E-state index contributed by atoms with van der Waals surface area (Å²) in [4.78, 5) is 0. The van der Waals surface area contributed by atoms with Crippen LogP contribution in [0.25, 0.3) is 0 Å². The van der Waals surface area contributed by atoms with Crippen LogP contribution >= 0.6 is 0 Å². The number of aromatic nitrogens is 5. The summed E-state index contributed by atoms with van der Waals surface area (Å²) in [6, 6.07) is 0. The Kier molecular flexibility index (Phi) is 3.08. The molecule has 0 bridgehead atoms. The van der Waals surface area contributed by atoms with Gasteiger partial charge in [-0.1, -0.05) is 0 Å². The largest absolute Gasteiger partial charge is 0.157 e. The molecule has 1 rings (SSSR count). The van der Waals surface area contributed by atoms with Crippen molar-refractivity contribution in [2.45, 2.75) is 0 Å². The minimum Gasteiger partial charge on any atom is -0.157 e. The average molecular weight is 275 g/mol. The number of H-pyrrole nitrogens is 1. The van der Waals surface area contributed by atoms with Crippen molar-refractivity contribution in [3.63, 3.8) is 0 Å². The zero-order valence-corrected chi connectivity index (χ0v) is 7.36. The Bertz CT molecular complexity index is 60.4. The molecule has 0 saturated heterocycles. The number of nitrogens with one attached hydrogen (secondary N) is 1. The van der Waals surface area contributed by atoms with Crippen molar-refractivity contribution in [3.8, 4) is 0 Å². The van der Waals surface area contributed by atoms with Crippen LogP contribution in [0.4, 0.5) is 0 Å². The second-order valence-electron chi connectivity index (χ2n) is 0.479. The molecule has 6 heteroatoms. The van der Waals surface area contributed by atoms with Gasteiger partial charge in [-0.15, -0.1) is 0 Å². The van der Waals surface area contributed by atoms with Crippen molar-refractivity contribution >= 4 is 27.3 Å². The van der Waals surface area contributed by atoms with Crippen molar-refractivity contribution in [2.75, 3.05) is 0 Å². The molecule has 0 spiro atoms. The molecule has 5 nitrogen and oxygen atoms in total. The van der Waals surface area contributed by atoms with E-state index < -0.39 is 0 Å². The molecule has 0 aromatic carbocycles. The van der Waals surface area contributed by atoms with Crippen molar-refractivity contribution in [1.82, 2.24) is 26.1 Å². The first-order valence-electron chi connectivity index (χ1n) is 1.05. The number of hydrogen-bond donors (Lipinski definition) is 1. The smallest absolute Gasteiger partial charge is 0 e. The van der Waals surface area contributed by atoms with E-state index in [2.05, 4.69) is 26.1 Å². The quantitative estimate of drug-likeness (QED) is 0.568. The SMILES string of the molecule is [Tl].n1nn[nH]n1. The predicted octanol–water partition coefficient (Wildman–Crippen LogP) is -1.79. The molecule has 0 fully saturated rings. The van der Waals surface area contributed by atoms with E-state index in [1.807, 2.05) is 0 Å². The Balaban J connectivity index is 0.000000250. The van der Waals surface area contributed by atoms with Gasteiger partial charge in [0.2, 0.25) is 0 Å². The van der Waals surface area contributed by atoms with Crippen LogP contribution in [0.3, 0.4) is 0 Å². The molecule has 0 aliphatic heterocycles. The van der Waals surface area contributed by atoms with Gasteiger partial charge in [0.25, 0.3) is 0 Å². The minimum atomic E-state index is 0. The topological polar surface area (TPSA) is 67.3 Å². The molecule has 1 aromatic heterocycles. The zero-order chi connectivity index (χ0) is 3.54. The number of aromatic amines is 1. The zero-order valence-electron chi connectivity index (χ0n) is 2.87. The Morgan fingerprint density at radius 1 is 1.00 bits per heavy atom. The fourth-order valence-electron chi connectivity index (χ4n) is 0.100. The van der Waals surface area contributed by atoms with Crippen molar-refractivity contribution in [1.29, 1.82) is 0 Å². The van der Waals surface area contributed by atoms with Gasteiger partial charge in [-0.25, -0.2) is 0 Å². The average Bonchev–Trinajstić information content (AvgIpc) is 1.76. The van der Waals surface area contributed by atoms with E-state index in [1.54, 1.807) is 0 Å². The van der Waals surface area contributed by atoms with Crippen LogP contribution in [0.2, 0.25) is 0 Å². The molecular weight excluding hydrogens is 274 g/mol. The molecule has 1 aromatic rings. The first kappa shape index (κ1) is 5.92. The summed E-state index contributed by atoms with van der Waals surface area (Å²) in [5, 5.41) is 14.5. The van der Waals surface area contributed by atoms with Gasteiger partial charge in [0.05, 0.1) is 0 Å². The van der Waals surface area contributed by atoms with Gasteiger partial charge in [0.1, 0.15) is 0 Å². The van der Waals surface area contributed by atoms with Crippen molar-refractivity contribution < 1.29 is 0 Å². The Hall–Kier alpha value is -0.0779. The van der Waals surface area contributed by atoms with Gasteiger partial charge in [0, 0.05) is 27.3 Å². The molecule has 0 atom stereocenters. The molecule has 6 heavy (non-hydrogen) atoms. The summed E-state index contributed by atoms with van der Waals surface area (Å²) in [5.74, 6) is 0. The fraction of sp³-hybridized carbons (Fsp3) is 0. The first-order valence-corrected chi connectivity index (χ1v) is 1.05. The summed E-state index contributed by atoms with van der Waals surface area (Å²) in [6.45, 7) is 0. The molecule has 0 aliphatic carbocycles. The summed E-state index contributed by atoms with van der Waals surface area (Å²) in [7, 11) is 0. The maximum Gasteiger partial charge on any atom is 0 e. The van der Waals surface area contributed by atoms with Crippen LogP contribution in [0.15, 0.2) is 0 Å². The van der Waals surface area contributed by atoms with Crippen LogP contribution in [0.1, 0.15) is 0 Å². The second-order valence-corrected chi connectivity index (χ2v) is 0.479. The Morgan fingerprint density at radius 2 is 1.50 bits per heavy atom. The number of rotatable bonds is 0. The van der Waals surface area contributed by atoms with Gasteiger partial charge in [0.15, 0.2) is 0 Å². The fourth-order valence-corrected chi connectivity index (χ4v) is 0.100. The first-order chi connectivity index (χ1) is 2.50. The van der Waals surface area contributed by atoms with E-state index in [0.29, 0.717) is 0 Å². The van der Waals surface area contributed by atoms with Crippen molar-refractivity contribution in [2.24, 2.45) is 0 Å². The summed E-state index contributed by atoms with van der Waals surface area (Å²) >= 11 is 0. The molecule has 0 amide bonds. The van der Waals surface area contributed by atoms with Crippen LogP contribution in [0.5, 0.6) is 0 Å². The van der Waals surface area contributed by atoms with E-state index in [9.17, 15) is 0 Å². The summed E-state index contributed by atoms with van der Waals surface area (Å²) < 4.78 is 0. The number of hydrogen-bond acceptors (Lipinski definition) is 4. The van der Waals surface area contributed by atoms with E-state index in [0.717, 1.165) is 0 Å². The molecule has 29 valence electrons. The molecule has 0 aliphatic rings. The third kappa shape index (κ3) is 1.38. The number of nitrogens with zero attached hydrogens (tertiary/aromatic N) is 4. The molecular formula is HN5Tl. The van der Waals surface area contributed by atoms with Gasteiger partial charge >= 0.3 is 0 Å². The van der Waals surface area contributed by atoms with E-state index >= 15 is 0 Å².